The summed E-state index contributed by atoms with van der Waals surface area (Å²) in [5, 5.41) is 16.8. The lowest BCUT2D eigenvalue weighted by Gasteiger charge is -2.03. The lowest BCUT2D eigenvalue weighted by molar-refractivity contribution is -0.110. The van der Waals surface area contributed by atoms with Crippen LogP contribution >= 0.6 is 11.3 Å². The normalized spacial score (nSPS) is 13.9. The molecule has 0 saturated heterocycles. The van der Waals surface area contributed by atoms with E-state index in [1.165, 1.54) is 0 Å². The van der Waals surface area contributed by atoms with Crippen LogP contribution in [0.25, 0.3) is 44.3 Å². The Hall–Kier alpha value is -4.49. The van der Waals surface area contributed by atoms with Crippen molar-refractivity contribution >= 4 is 51.3 Å². The summed E-state index contributed by atoms with van der Waals surface area (Å²) in [6.45, 7) is 0. The van der Waals surface area contributed by atoms with Crippen molar-refractivity contribution in [2.75, 3.05) is 5.32 Å². The highest BCUT2D eigenvalue weighted by atomic mass is 32.1. The molecule has 0 aliphatic carbocycles. The molecule has 7 heteroatoms. The molecule has 0 unspecified atom stereocenters. The molecular weight excluding hydrogens is 446 g/mol. The van der Waals surface area contributed by atoms with Crippen LogP contribution in [0, 0.1) is 0 Å². The molecule has 34 heavy (non-hydrogen) atoms. The number of nitrogens with one attached hydrogen (secondary N) is 2. The highest BCUT2D eigenvalue weighted by Gasteiger charge is 2.26. The number of benzene rings is 3. The van der Waals surface area contributed by atoms with Gasteiger partial charge in [-0.3, -0.25) is 4.79 Å². The number of carboxylic acids is 1. The minimum Gasteiger partial charge on any atom is -0.477 e. The first-order valence-electron chi connectivity index (χ1n) is 10.6. The number of aromatic nitrogens is 2. The van der Waals surface area contributed by atoms with E-state index in [4.69, 9.17) is 4.98 Å². The van der Waals surface area contributed by atoms with Gasteiger partial charge in [-0.25, -0.2) is 9.78 Å². The van der Waals surface area contributed by atoms with Crippen molar-refractivity contribution in [3.63, 3.8) is 0 Å². The van der Waals surface area contributed by atoms with Crippen LogP contribution in [0.1, 0.15) is 21.7 Å². The van der Waals surface area contributed by atoms with Crippen LogP contribution in [0.5, 0.6) is 0 Å². The summed E-state index contributed by atoms with van der Waals surface area (Å²) in [6, 6.07) is 23.0. The van der Waals surface area contributed by atoms with Gasteiger partial charge in [-0.05, 0) is 18.2 Å². The maximum atomic E-state index is 12.8. The fraction of sp³-hybridized carbons (Fsp3) is 0. The molecule has 1 aliphatic rings. The lowest BCUT2D eigenvalue weighted by atomic mass is 10.0. The van der Waals surface area contributed by atoms with Crippen molar-refractivity contribution in [3.05, 3.63) is 95.1 Å². The molecule has 0 atom stereocenters. The number of amides is 1. The molecule has 3 N–H and O–H groups in total. The number of carbonyl (C=O) groups excluding carboxylic acids is 1. The molecule has 1 aliphatic heterocycles. The Morgan fingerprint density at radius 3 is 2.50 bits per heavy atom. The Kier molecular flexibility index (Phi) is 4.64. The van der Waals surface area contributed by atoms with Gasteiger partial charge in [-0.2, -0.15) is 0 Å². The van der Waals surface area contributed by atoms with E-state index in [2.05, 4.69) is 10.3 Å². The third-order valence-corrected chi connectivity index (χ3v) is 6.76. The number of fused-ring (bicyclic) bond motifs is 2. The largest absolute Gasteiger partial charge is 0.477 e. The van der Waals surface area contributed by atoms with Crippen LogP contribution in [0.3, 0.4) is 0 Å². The zero-order valence-corrected chi connectivity index (χ0v) is 18.5. The molecule has 6 rings (SSSR count). The minimum absolute atomic E-state index is 0.103. The fourth-order valence-electron chi connectivity index (χ4n) is 4.24. The Labute approximate surface area is 198 Å². The van der Waals surface area contributed by atoms with Gasteiger partial charge in [0.05, 0.1) is 11.3 Å². The highest BCUT2D eigenvalue weighted by Crippen LogP contribution is 2.38. The summed E-state index contributed by atoms with van der Waals surface area (Å²) < 4.78 is 0. The first-order valence-corrected chi connectivity index (χ1v) is 11.5. The number of carboxylic acid groups (broad SMARTS) is 1. The molecule has 3 heterocycles. The van der Waals surface area contributed by atoms with Gasteiger partial charge in [0.25, 0.3) is 5.91 Å². The summed E-state index contributed by atoms with van der Waals surface area (Å²) >= 11 is 1.57. The van der Waals surface area contributed by atoms with Gasteiger partial charge in [-0.15, -0.1) is 11.3 Å². The number of nitrogens with zero attached hydrogens (tertiary/aromatic N) is 1. The second kappa shape index (κ2) is 7.83. The third-order valence-electron chi connectivity index (χ3n) is 5.87. The van der Waals surface area contributed by atoms with Gasteiger partial charge < -0.3 is 15.4 Å². The monoisotopic (exact) mass is 463 g/mol. The van der Waals surface area contributed by atoms with Gasteiger partial charge in [-0.1, -0.05) is 60.7 Å². The maximum absolute atomic E-state index is 12.8. The average molecular weight is 464 g/mol. The van der Waals surface area contributed by atoms with Crippen LogP contribution in [-0.2, 0) is 4.79 Å². The zero-order valence-electron chi connectivity index (χ0n) is 17.7. The first kappa shape index (κ1) is 20.1. The highest BCUT2D eigenvalue weighted by molar-refractivity contribution is 7.13. The zero-order chi connectivity index (χ0) is 23.2. The standard InChI is InChI=1S/C27H17N3O3S/c31-25-20(13-22-17-8-4-5-9-18(17)24(28-22)27(32)33)19-12-16(10-11-21(19)29-25)23-14-34-26(30-23)15-6-2-1-3-7-15/h1-14,28H,(H,29,31)(H,32,33)/b20-13-. The van der Waals surface area contributed by atoms with Crippen LogP contribution in [0.15, 0.2) is 78.2 Å². The molecule has 0 saturated carbocycles. The van der Waals surface area contributed by atoms with Gasteiger partial charge in [0.15, 0.2) is 0 Å². The van der Waals surface area contributed by atoms with Crippen LogP contribution in [0.4, 0.5) is 5.69 Å². The van der Waals surface area contributed by atoms with E-state index in [0.717, 1.165) is 32.8 Å². The van der Waals surface area contributed by atoms with Crippen molar-refractivity contribution in [1.29, 1.82) is 0 Å². The van der Waals surface area contributed by atoms with E-state index >= 15 is 0 Å². The number of hydrogen-bond acceptors (Lipinski definition) is 4. The van der Waals surface area contributed by atoms with Crippen LogP contribution in [-0.4, -0.2) is 27.0 Å². The first-order chi connectivity index (χ1) is 16.6. The topological polar surface area (TPSA) is 95.1 Å². The number of H-pyrrole nitrogens is 1. The predicted octanol–water partition coefficient (Wildman–Crippen LogP) is 6.15. The van der Waals surface area contributed by atoms with Crippen molar-refractivity contribution < 1.29 is 14.7 Å². The molecular formula is C27H17N3O3S. The number of hydrogen-bond donors (Lipinski definition) is 3. The Morgan fingerprint density at radius 2 is 1.71 bits per heavy atom. The molecule has 1 amide bonds. The Bertz CT molecular complexity index is 1630. The Balaban J connectivity index is 1.43. The molecule has 0 bridgehead atoms. The molecule has 0 radical (unpaired) electrons. The summed E-state index contributed by atoms with van der Waals surface area (Å²) in [5.41, 5.74) is 5.43. The van der Waals surface area contributed by atoms with Crippen LogP contribution in [0.2, 0.25) is 0 Å². The average Bonchev–Trinajstić information content (AvgIpc) is 3.56. The van der Waals surface area contributed by atoms with E-state index in [0.29, 0.717) is 22.3 Å². The smallest absolute Gasteiger partial charge is 0.352 e. The summed E-state index contributed by atoms with van der Waals surface area (Å²) in [7, 11) is 0. The predicted molar refractivity (Wildman–Crippen MR) is 135 cm³/mol. The quantitative estimate of drug-likeness (QED) is 0.279. The minimum atomic E-state index is -1.04. The van der Waals surface area contributed by atoms with Crippen molar-refractivity contribution in [2.45, 2.75) is 0 Å². The van der Waals surface area contributed by atoms with Gasteiger partial charge in [0.1, 0.15) is 10.7 Å². The maximum Gasteiger partial charge on any atom is 0.352 e. The van der Waals surface area contributed by atoms with E-state index in [9.17, 15) is 14.7 Å². The van der Waals surface area contributed by atoms with Crippen molar-refractivity contribution in [3.8, 4) is 21.8 Å². The number of rotatable bonds is 4. The number of aromatic amines is 1. The second-order valence-corrected chi connectivity index (χ2v) is 8.80. The summed E-state index contributed by atoms with van der Waals surface area (Å²) in [4.78, 5) is 32.3. The molecule has 5 aromatic rings. The fourth-order valence-corrected chi connectivity index (χ4v) is 5.08. The molecule has 164 valence electrons. The van der Waals surface area contributed by atoms with E-state index in [1.807, 2.05) is 66.0 Å². The van der Waals surface area contributed by atoms with E-state index < -0.39 is 5.97 Å². The molecule has 6 nitrogen and oxygen atoms in total. The lowest BCUT2D eigenvalue weighted by Crippen LogP contribution is -2.03. The van der Waals surface area contributed by atoms with Crippen LogP contribution < -0.4 is 5.32 Å². The van der Waals surface area contributed by atoms with Crippen molar-refractivity contribution in [1.82, 2.24) is 9.97 Å². The van der Waals surface area contributed by atoms with E-state index in [1.54, 1.807) is 29.5 Å². The SMILES string of the molecule is O=C1Nc2ccc(-c3csc(-c4ccccc4)n3)cc2/C1=C/c1[nH]c(C(=O)O)c2ccccc12. The number of carbonyl (C=O) groups is 2. The number of aromatic carboxylic acids is 1. The summed E-state index contributed by atoms with van der Waals surface area (Å²) in [6.07, 6.45) is 1.72. The second-order valence-electron chi connectivity index (χ2n) is 7.94. The van der Waals surface area contributed by atoms with Crippen molar-refractivity contribution in [2.24, 2.45) is 0 Å². The third kappa shape index (κ3) is 3.30. The molecule has 2 aromatic heterocycles. The number of anilines is 1. The Morgan fingerprint density at radius 1 is 0.941 bits per heavy atom. The molecule has 3 aromatic carbocycles. The summed E-state index contributed by atoms with van der Waals surface area (Å²) in [5.74, 6) is -1.27. The van der Waals surface area contributed by atoms with E-state index in [-0.39, 0.29) is 11.6 Å². The molecule has 0 fully saturated rings. The van der Waals surface area contributed by atoms with Gasteiger partial charge in [0.2, 0.25) is 0 Å². The van der Waals surface area contributed by atoms with Gasteiger partial charge in [0, 0.05) is 44.2 Å². The molecule has 0 spiro atoms. The number of thiazole rings is 1. The van der Waals surface area contributed by atoms with Gasteiger partial charge >= 0.3 is 5.97 Å².